The van der Waals surface area contributed by atoms with Gasteiger partial charge < -0.3 is 15.5 Å². The van der Waals surface area contributed by atoms with E-state index < -0.39 is 6.04 Å². The van der Waals surface area contributed by atoms with Crippen LogP contribution in [0.2, 0.25) is 0 Å². The molecular formula is C14H27N3O2. The van der Waals surface area contributed by atoms with Crippen molar-refractivity contribution >= 4 is 11.8 Å². The van der Waals surface area contributed by atoms with Crippen molar-refractivity contribution in [2.75, 3.05) is 26.2 Å². The van der Waals surface area contributed by atoms with Gasteiger partial charge in [-0.3, -0.25) is 9.59 Å². The molecule has 0 aromatic rings. The number of hydrogen-bond donors (Lipinski definition) is 2. The van der Waals surface area contributed by atoms with E-state index in [4.69, 9.17) is 0 Å². The van der Waals surface area contributed by atoms with Crippen LogP contribution in [0.5, 0.6) is 0 Å². The van der Waals surface area contributed by atoms with Crippen LogP contribution in [0.15, 0.2) is 0 Å². The van der Waals surface area contributed by atoms with Gasteiger partial charge in [-0.2, -0.15) is 0 Å². The van der Waals surface area contributed by atoms with Gasteiger partial charge in [-0.25, -0.2) is 0 Å². The smallest absolute Gasteiger partial charge is 0.244 e. The van der Waals surface area contributed by atoms with Crippen LogP contribution in [-0.2, 0) is 9.59 Å². The molecule has 0 aliphatic carbocycles. The summed E-state index contributed by atoms with van der Waals surface area (Å²) in [4.78, 5) is 25.7. The molecule has 0 aromatic carbocycles. The molecule has 0 bridgehead atoms. The second-order valence-corrected chi connectivity index (χ2v) is 5.20. The molecule has 0 radical (unpaired) electrons. The van der Waals surface area contributed by atoms with Crippen molar-refractivity contribution < 1.29 is 9.59 Å². The molecule has 5 heteroatoms. The number of likely N-dealkylation sites (N-methyl/N-ethyl adjacent to an activating group) is 1. The van der Waals surface area contributed by atoms with Crippen molar-refractivity contribution in [3.05, 3.63) is 0 Å². The highest BCUT2D eigenvalue weighted by atomic mass is 16.2. The van der Waals surface area contributed by atoms with Gasteiger partial charge in [0, 0.05) is 19.5 Å². The zero-order valence-corrected chi connectivity index (χ0v) is 12.4. The molecule has 0 aromatic heterocycles. The Morgan fingerprint density at radius 1 is 1.26 bits per heavy atom. The Morgan fingerprint density at radius 3 is 2.37 bits per heavy atom. The first-order valence-electron chi connectivity index (χ1n) is 7.37. The highest BCUT2D eigenvalue weighted by Crippen LogP contribution is 2.15. The SMILES string of the molecule is CCN(CC)C(=O)C(C)NC(=O)CC1CCNCC1. The summed E-state index contributed by atoms with van der Waals surface area (Å²) in [5.74, 6) is 0.459. The summed E-state index contributed by atoms with van der Waals surface area (Å²) < 4.78 is 0. The van der Waals surface area contributed by atoms with Crippen LogP contribution < -0.4 is 10.6 Å². The topological polar surface area (TPSA) is 61.4 Å². The molecule has 1 heterocycles. The van der Waals surface area contributed by atoms with Crippen LogP contribution >= 0.6 is 0 Å². The molecule has 1 atom stereocenters. The number of carbonyl (C=O) groups is 2. The molecule has 1 unspecified atom stereocenters. The van der Waals surface area contributed by atoms with Gasteiger partial charge in [-0.05, 0) is 52.6 Å². The fraction of sp³-hybridized carbons (Fsp3) is 0.857. The van der Waals surface area contributed by atoms with Gasteiger partial charge in [0.05, 0.1) is 0 Å². The van der Waals surface area contributed by atoms with E-state index in [-0.39, 0.29) is 11.8 Å². The van der Waals surface area contributed by atoms with Crippen LogP contribution in [0, 0.1) is 5.92 Å². The van der Waals surface area contributed by atoms with Crippen molar-refractivity contribution in [3.63, 3.8) is 0 Å². The third kappa shape index (κ3) is 5.19. The van der Waals surface area contributed by atoms with Crippen molar-refractivity contribution in [3.8, 4) is 0 Å². The number of hydrogen-bond acceptors (Lipinski definition) is 3. The summed E-state index contributed by atoms with van der Waals surface area (Å²) in [7, 11) is 0. The molecule has 19 heavy (non-hydrogen) atoms. The molecular weight excluding hydrogens is 242 g/mol. The van der Waals surface area contributed by atoms with E-state index in [2.05, 4.69) is 10.6 Å². The highest BCUT2D eigenvalue weighted by molar-refractivity contribution is 5.87. The number of nitrogens with zero attached hydrogens (tertiary/aromatic N) is 1. The molecule has 1 aliphatic rings. The fourth-order valence-electron chi connectivity index (χ4n) is 2.52. The van der Waals surface area contributed by atoms with Gasteiger partial charge in [-0.1, -0.05) is 0 Å². The predicted octanol–water partition coefficient (Wildman–Crippen LogP) is 0.749. The Bertz CT molecular complexity index is 297. The lowest BCUT2D eigenvalue weighted by molar-refractivity contribution is -0.135. The van der Waals surface area contributed by atoms with E-state index in [0.29, 0.717) is 25.4 Å². The maximum absolute atomic E-state index is 12.0. The largest absolute Gasteiger partial charge is 0.345 e. The first-order valence-corrected chi connectivity index (χ1v) is 7.37. The van der Waals surface area contributed by atoms with Crippen LogP contribution in [0.4, 0.5) is 0 Å². The number of carbonyl (C=O) groups excluding carboxylic acids is 2. The van der Waals surface area contributed by atoms with E-state index in [1.165, 1.54) is 0 Å². The van der Waals surface area contributed by atoms with Crippen molar-refractivity contribution in [2.24, 2.45) is 5.92 Å². The minimum Gasteiger partial charge on any atom is -0.345 e. The number of piperidine rings is 1. The van der Waals surface area contributed by atoms with Gasteiger partial charge >= 0.3 is 0 Å². The molecule has 1 fully saturated rings. The van der Waals surface area contributed by atoms with E-state index in [1.807, 2.05) is 13.8 Å². The summed E-state index contributed by atoms with van der Waals surface area (Å²) in [6, 6.07) is -0.422. The first kappa shape index (κ1) is 16.0. The quantitative estimate of drug-likeness (QED) is 0.748. The van der Waals surface area contributed by atoms with E-state index in [0.717, 1.165) is 25.9 Å². The molecule has 2 amide bonds. The zero-order chi connectivity index (χ0) is 14.3. The molecule has 5 nitrogen and oxygen atoms in total. The Labute approximate surface area is 116 Å². The zero-order valence-electron chi connectivity index (χ0n) is 12.4. The molecule has 2 N–H and O–H groups in total. The summed E-state index contributed by atoms with van der Waals surface area (Å²) in [6.07, 6.45) is 2.63. The van der Waals surface area contributed by atoms with Gasteiger partial charge in [0.15, 0.2) is 0 Å². The van der Waals surface area contributed by atoms with E-state index in [9.17, 15) is 9.59 Å². The lowest BCUT2D eigenvalue weighted by Gasteiger charge is -2.25. The van der Waals surface area contributed by atoms with Crippen LogP contribution in [-0.4, -0.2) is 48.9 Å². The molecule has 1 rings (SSSR count). The molecule has 1 aliphatic heterocycles. The highest BCUT2D eigenvalue weighted by Gasteiger charge is 2.22. The Balaban J connectivity index is 2.36. The Hall–Kier alpha value is -1.10. The molecule has 1 saturated heterocycles. The maximum atomic E-state index is 12.0. The van der Waals surface area contributed by atoms with Crippen molar-refractivity contribution in [1.82, 2.24) is 15.5 Å². The maximum Gasteiger partial charge on any atom is 0.244 e. The van der Waals surface area contributed by atoms with Crippen LogP contribution in [0.25, 0.3) is 0 Å². The molecule has 110 valence electrons. The van der Waals surface area contributed by atoms with E-state index in [1.54, 1.807) is 11.8 Å². The van der Waals surface area contributed by atoms with Gasteiger partial charge in [0.25, 0.3) is 0 Å². The lowest BCUT2D eigenvalue weighted by atomic mass is 9.94. The van der Waals surface area contributed by atoms with Crippen LogP contribution in [0.1, 0.15) is 40.0 Å². The average molecular weight is 269 g/mol. The Kier molecular flexibility index (Phi) is 6.84. The number of nitrogens with one attached hydrogen (secondary N) is 2. The minimum atomic E-state index is -0.422. The molecule has 0 spiro atoms. The second-order valence-electron chi connectivity index (χ2n) is 5.20. The fourth-order valence-corrected chi connectivity index (χ4v) is 2.52. The van der Waals surface area contributed by atoms with Gasteiger partial charge in [-0.15, -0.1) is 0 Å². The van der Waals surface area contributed by atoms with E-state index >= 15 is 0 Å². The van der Waals surface area contributed by atoms with Crippen molar-refractivity contribution in [1.29, 1.82) is 0 Å². The monoisotopic (exact) mass is 269 g/mol. The summed E-state index contributed by atoms with van der Waals surface area (Å²) >= 11 is 0. The summed E-state index contributed by atoms with van der Waals surface area (Å²) in [5.41, 5.74) is 0. The van der Waals surface area contributed by atoms with Gasteiger partial charge in [0.2, 0.25) is 11.8 Å². The molecule has 0 saturated carbocycles. The number of amides is 2. The van der Waals surface area contributed by atoms with Crippen molar-refractivity contribution in [2.45, 2.75) is 46.1 Å². The predicted molar refractivity (Wildman–Crippen MR) is 75.7 cm³/mol. The normalized spacial score (nSPS) is 17.8. The minimum absolute atomic E-state index is 0.0000869. The lowest BCUT2D eigenvalue weighted by Crippen LogP contribution is -2.47. The first-order chi connectivity index (χ1) is 9.08. The van der Waals surface area contributed by atoms with Crippen LogP contribution in [0.3, 0.4) is 0 Å². The Morgan fingerprint density at radius 2 is 1.84 bits per heavy atom. The second kappa shape index (κ2) is 8.15. The summed E-state index contributed by atoms with van der Waals surface area (Å²) in [5, 5.41) is 6.11. The van der Waals surface area contributed by atoms with Gasteiger partial charge in [0.1, 0.15) is 6.04 Å². The third-order valence-corrected chi connectivity index (χ3v) is 3.76. The summed E-state index contributed by atoms with van der Waals surface area (Å²) in [6.45, 7) is 9.02. The standard InChI is InChI=1S/C14H27N3O2/c1-4-17(5-2)14(19)11(3)16-13(18)10-12-6-8-15-9-7-12/h11-12,15H,4-10H2,1-3H3,(H,16,18). The number of rotatable bonds is 6. The average Bonchev–Trinajstić information content (AvgIpc) is 2.40. The third-order valence-electron chi connectivity index (χ3n) is 3.76.